The number of rotatable bonds is 4. The van der Waals surface area contributed by atoms with Crippen LogP contribution in [0.1, 0.15) is 5.69 Å². The van der Waals surface area contributed by atoms with Gasteiger partial charge in [0.1, 0.15) is 10.8 Å². The number of aryl methyl sites for hydroxylation is 1. The topological polar surface area (TPSA) is 39.9 Å². The fourth-order valence-corrected chi connectivity index (χ4v) is 3.95. The smallest absolute Gasteiger partial charge is 0.128 e. The van der Waals surface area contributed by atoms with E-state index in [4.69, 9.17) is 9.72 Å². The molecule has 0 aliphatic carbocycles. The number of aromatic nitrogens is 3. The van der Waals surface area contributed by atoms with Crippen molar-refractivity contribution in [3.05, 3.63) is 70.5 Å². The Labute approximate surface area is 164 Å². The van der Waals surface area contributed by atoms with Crippen LogP contribution in [-0.4, -0.2) is 21.6 Å². The highest BCUT2D eigenvalue weighted by Gasteiger charge is 2.12. The lowest BCUT2D eigenvalue weighted by Crippen LogP contribution is -1.90. The van der Waals surface area contributed by atoms with Gasteiger partial charge in [0.25, 0.3) is 0 Å². The van der Waals surface area contributed by atoms with Crippen LogP contribution in [0.15, 0.2) is 64.8 Å². The van der Waals surface area contributed by atoms with Crippen LogP contribution in [0.3, 0.4) is 0 Å². The van der Waals surface area contributed by atoms with Gasteiger partial charge < -0.3 is 9.30 Å². The lowest BCUT2D eigenvalue weighted by molar-refractivity contribution is 0.416. The minimum atomic E-state index is 0.813. The summed E-state index contributed by atoms with van der Waals surface area (Å²) < 4.78 is 8.50. The van der Waals surface area contributed by atoms with Gasteiger partial charge in [-0.1, -0.05) is 28.1 Å². The van der Waals surface area contributed by atoms with Gasteiger partial charge >= 0.3 is 0 Å². The Balaban J connectivity index is 1.72. The molecule has 0 bridgehead atoms. The van der Waals surface area contributed by atoms with E-state index < -0.39 is 0 Å². The van der Waals surface area contributed by atoms with Crippen LogP contribution in [0.4, 0.5) is 0 Å². The van der Waals surface area contributed by atoms with E-state index in [1.54, 1.807) is 18.4 Å². The molecule has 0 fully saturated rings. The second-order valence-corrected chi connectivity index (χ2v) is 7.63. The summed E-state index contributed by atoms with van der Waals surface area (Å²) in [6.07, 6.45) is 3.84. The van der Waals surface area contributed by atoms with Crippen LogP contribution in [0.5, 0.6) is 5.75 Å². The maximum Gasteiger partial charge on any atom is 0.128 e. The number of ether oxygens (including phenoxy) is 1. The molecular weight excluding hydrogens is 410 g/mol. The second kappa shape index (κ2) is 7.05. The molecule has 6 heteroatoms. The predicted molar refractivity (Wildman–Crippen MR) is 109 cm³/mol. The normalized spacial score (nSPS) is 10.9. The van der Waals surface area contributed by atoms with Crippen molar-refractivity contribution in [3.63, 3.8) is 0 Å². The van der Waals surface area contributed by atoms with Gasteiger partial charge in [-0.15, -0.1) is 11.3 Å². The fraction of sp³-hybridized carbons (Fsp3) is 0.100. The summed E-state index contributed by atoms with van der Waals surface area (Å²) in [5, 5.41) is 3.04. The Morgan fingerprint density at radius 3 is 2.81 bits per heavy atom. The molecule has 0 atom stereocenters. The van der Waals surface area contributed by atoms with Crippen molar-refractivity contribution < 1.29 is 4.74 Å². The zero-order valence-electron chi connectivity index (χ0n) is 14.3. The van der Waals surface area contributed by atoms with Crippen molar-refractivity contribution in [1.82, 2.24) is 14.5 Å². The van der Waals surface area contributed by atoms with Gasteiger partial charge in [-0.05, 0) is 37.3 Å². The van der Waals surface area contributed by atoms with E-state index in [1.165, 1.54) is 0 Å². The first-order valence-corrected chi connectivity index (χ1v) is 9.72. The highest BCUT2D eigenvalue weighted by Crippen LogP contribution is 2.35. The van der Waals surface area contributed by atoms with Gasteiger partial charge in [0.2, 0.25) is 0 Å². The fourth-order valence-electron chi connectivity index (χ4n) is 2.77. The number of methoxy groups -OCH3 is 1. The molecule has 2 heterocycles. The predicted octanol–water partition coefficient (Wildman–Crippen LogP) is 5.74. The summed E-state index contributed by atoms with van der Waals surface area (Å²) in [7, 11) is 1.68. The van der Waals surface area contributed by atoms with Gasteiger partial charge in [0.15, 0.2) is 0 Å². The van der Waals surface area contributed by atoms with Crippen LogP contribution in [0.2, 0.25) is 0 Å². The highest BCUT2D eigenvalue weighted by molar-refractivity contribution is 9.10. The maximum atomic E-state index is 5.48. The summed E-state index contributed by atoms with van der Waals surface area (Å²) in [6, 6.07) is 14.3. The molecule has 130 valence electrons. The van der Waals surface area contributed by atoms with Gasteiger partial charge in [-0.3, -0.25) is 0 Å². The van der Waals surface area contributed by atoms with Crippen molar-refractivity contribution in [3.8, 4) is 33.3 Å². The first-order chi connectivity index (χ1) is 12.6. The molecule has 2 aromatic heterocycles. The van der Waals surface area contributed by atoms with Gasteiger partial charge in [-0.25, -0.2) is 9.97 Å². The molecular formula is C20H16BrN3OS. The number of hydrogen-bond acceptors (Lipinski definition) is 4. The molecule has 0 radical (unpaired) electrons. The van der Waals surface area contributed by atoms with Crippen molar-refractivity contribution in [2.75, 3.05) is 7.11 Å². The minimum absolute atomic E-state index is 0.813. The molecule has 26 heavy (non-hydrogen) atoms. The first-order valence-electron chi connectivity index (χ1n) is 8.05. The summed E-state index contributed by atoms with van der Waals surface area (Å²) >= 11 is 5.15. The van der Waals surface area contributed by atoms with E-state index in [-0.39, 0.29) is 0 Å². The number of imidazole rings is 1. The number of benzene rings is 2. The molecule has 2 aromatic carbocycles. The molecule has 0 saturated carbocycles. The number of hydrogen-bond donors (Lipinski definition) is 0. The summed E-state index contributed by atoms with van der Waals surface area (Å²) in [4.78, 5) is 9.13. The van der Waals surface area contributed by atoms with E-state index in [1.807, 2.05) is 48.3 Å². The van der Waals surface area contributed by atoms with Crippen LogP contribution in [-0.2, 0) is 0 Å². The molecule has 0 spiro atoms. The molecule has 4 nitrogen and oxygen atoms in total. The van der Waals surface area contributed by atoms with Crippen molar-refractivity contribution in [2.45, 2.75) is 6.92 Å². The largest absolute Gasteiger partial charge is 0.496 e. The Bertz CT molecular complexity index is 1070. The average molecular weight is 426 g/mol. The second-order valence-electron chi connectivity index (χ2n) is 5.86. The summed E-state index contributed by atoms with van der Waals surface area (Å²) in [5.74, 6) is 0.813. The van der Waals surface area contributed by atoms with Crippen LogP contribution < -0.4 is 4.74 Å². The molecule has 0 aliphatic heterocycles. The minimum Gasteiger partial charge on any atom is -0.496 e. The number of nitrogens with zero attached hydrogens (tertiary/aromatic N) is 3. The zero-order chi connectivity index (χ0) is 18.1. The maximum absolute atomic E-state index is 5.48. The molecule has 4 aromatic rings. The van der Waals surface area contributed by atoms with Crippen molar-refractivity contribution in [1.29, 1.82) is 0 Å². The molecule has 4 rings (SSSR count). The highest BCUT2D eigenvalue weighted by atomic mass is 79.9. The van der Waals surface area contributed by atoms with Crippen LogP contribution in [0, 0.1) is 6.92 Å². The molecule has 0 aliphatic rings. The third-order valence-corrected chi connectivity index (χ3v) is 5.43. The summed E-state index contributed by atoms with van der Waals surface area (Å²) in [5.41, 5.74) is 5.03. The standard InChI is InChI=1S/C20H16BrN3OS/c1-13-10-24(12-22-13)16-5-3-4-14(8-16)20-23-18(11-26-20)17-9-15(21)6-7-19(17)25-2/h3-12H,1-2H3. The zero-order valence-corrected chi connectivity index (χ0v) is 16.7. The average Bonchev–Trinajstić information content (AvgIpc) is 3.31. The Hall–Kier alpha value is -2.44. The van der Waals surface area contributed by atoms with Crippen molar-refractivity contribution in [2.24, 2.45) is 0 Å². The van der Waals surface area contributed by atoms with E-state index in [9.17, 15) is 0 Å². The van der Waals surface area contributed by atoms with Gasteiger partial charge in [-0.2, -0.15) is 0 Å². The molecule has 0 amide bonds. The third kappa shape index (κ3) is 3.30. The molecule has 0 N–H and O–H groups in total. The van der Waals surface area contributed by atoms with E-state index >= 15 is 0 Å². The van der Waals surface area contributed by atoms with Crippen LogP contribution >= 0.6 is 27.3 Å². The number of halogens is 1. The first kappa shape index (κ1) is 17.0. The lowest BCUT2D eigenvalue weighted by atomic mass is 10.1. The molecule has 0 unspecified atom stereocenters. The molecule has 0 saturated heterocycles. The van der Waals surface area contributed by atoms with Crippen LogP contribution in [0.25, 0.3) is 27.5 Å². The third-order valence-electron chi connectivity index (χ3n) is 4.04. The SMILES string of the molecule is COc1ccc(Br)cc1-c1csc(-c2cccc(-n3cnc(C)c3)c2)n1. The number of thiazole rings is 1. The Kier molecular flexibility index (Phi) is 4.61. The van der Waals surface area contributed by atoms with Gasteiger partial charge in [0.05, 0.1) is 24.8 Å². The monoisotopic (exact) mass is 425 g/mol. The Morgan fingerprint density at radius 1 is 1.15 bits per heavy atom. The van der Waals surface area contributed by atoms with E-state index in [0.717, 1.165) is 43.4 Å². The van der Waals surface area contributed by atoms with E-state index in [2.05, 4.69) is 44.5 Å². The van der Waals surface area contributed by atoms with E-state index in [0.29, 0.717) is 0 Å². The summed E-state index contributed by atoms with van der Waals surface area (Å²) in [6.45, 7) is 1.98. The van der Waals surface area contributed by atoms with Crippen molar-refractivity contribution >= 4 is 27.3 Å². The Morgan fingerprint density at radius 2 is 2.04 bits per heavy atom. The quantitative estimate of drug-likeness (QED) is 0.418. The van der Waals surface area contributed by atoms with Gasteiger partial charge in [0, 0.05) is 32.9 Å². The lowest BCUT2D eigenvalue weighted by Gasteiger charge is -2.06.